The minimum absolute atomic E-state index is 0.665. The van der Waals surface area contributed by atoms with Gasteiger partial charge in [0.25, 0.3) is 0 Å². The van der Waals surface area contributed by atoms with E-state index < -0.39 is 0 Å². The lowest BCUT2D eigenvalue weighted by Crippen LogP contribution is -1.91. The van der Waals surface area contributed by atoms with E-state index in [1.165, 1.54) is 37.7 Å². The molecule has 16 heavy (non-hydrogen) atoms. The van der Waals surface area contributed by atoms with E-state index in [1.807, 2.05) is 18.2 Å². The van der Waals surface area contributed by atoms with Gasteiger partial charge in [-0.05, 0) is 30.2 Å². The van der Waals surface area contributed by atoms with Crippen LogP contribution >= 0.6 is 0 Å². The molecule has 0 radical (unpaired) electrons. The highest BCUT2D eigenvalue weighted by Gasteiger charge is 2.38. The number of carbonyl (C=O) groups excluding carboxylic acids is 1. The summed E-state index contributed by atoms with van der Waals surface area (Å²) in [6, 6.07) is 8.05. The molecule has 1 fully saturated rings. The molecule has 1 aromatic carbocycles. The second-order valence-electron chi connectivity index (χ2n) is 4.84. The molecule has 1 nitrogen and oxygen atoms in total. The summed E-state index contributed by atoms with van der Waals surface area (Å²) in [6.45, 7) is 2.24. The molecule has 2 rings (SSSR count). The Morgan fingerprint density at radius 1 is 1.31 bits per heavy atom. The standard InChI is InChI=1S/C15H20O/c1-2-3-4-7-12-10-15(12)14-9-6-5-8-13(14)11-16/h5-6,8-9,11-12,15H,2-4,7,10H2,1H3/t12-,15-/m0/s1. The van der Waals surface area contributed by atoms with Crippen LogP contribution < -0.4 is 0 Å². The number of carbonyl (C=O) groups is 1. The molecule has 0 unspecified atom stereocenters. The van der Waals surface area contributed by atoms with E-state index in [1.54, 1.807) is 0 Å². The van der Waals surface area contributed by atoms with Crippen molar-refractivity contribution in [3.63, 3.8) is 0 Å². The smallest absolute Gasteiger partial charge is 0.150 e. The molecule has 1 heteroatoms. The third kappa shape index (κ3) is 2.52. The van der Waals surface area contributed by atoms with Gasteiger partial charge in [0.05, 0.1) is 0 Å². The molecule has 1 aliphatic carbocycles. The lowest BCUT2D eigenvalue weighted by molar-refractivity contribution is 0.112. The van der Waals surface area contributed by atoms with Crippen molar-refractivity contribution in [2.24, 2.45) is 5.92 Å². The second kappa shape index (κ2) is 5.29. The number of benzene rings is 1. The zero-order chi connectivity index (χ0) is 11.4. The number of rotatable bonds is 6. The molecule has 0 saturated heterocycles. The van der Waals surface area contributed by atoms with Gasteiger partial charge in [0.15, 0.2) is 0 Å². The van der Waals surface area contributed by atoms with Crippen molar-refractivity contribution in [1.29, 1.82) is 0 Å². The minimum atomic E-state index is 0.665. The molecule has 86 valence electrons. The second-order valence-corrected chi connectivity index (χ2v) is 4.84. The Balaban J connectivity index is 1.92. The average Bonchev–Trinajstić information content (AvgIpc) is 3.09. The molecule has 0 N–H and O–H groups in total. The van der Waals surface area contributed by atoms with E-state index in [4.69, 9.17) is 0 Å². The van der Waals surface area contributed by atoms with E-state index in [-0.39, 0.29) is 0 Å². The Kier molecular flexibility index (Phi) is 3.76. The Morgan fingerprint density at radius 3 is 2.88 bits per heavy atom. The maximum Gasteiger partial charge on any atom is 0.150 e. The van der Waals surface area contributed by atoms with E-state index in [2.05, 4.69) is 13.0 Å². The van der Waals surface area contributed by atoms with Gasteiger partial charge in [-0.25, -0.2) is 0 Å². The molecule has 0 bridgehead atoms. The Morgan fingerprint density at radius 2 is 2.12 bits per heavy atom. The molecule has 2 atom stereocenters. The van der Waals surface area contributed by atoms with Crippen molar-refractivity contribution in [2.75, 3.05) is 0 Å². The van der Waals surface area contributed by atoms with Crippen LogP contribution in [0.4, 0.5) is 0 Å². The number of aldehydes is 1. The summed E-state index contributed by atoms with van der Waals surface area (Å²) >= 11 is 0. The van der Waals surface area contributed by atoms with Crippen molar-refractivity contribution >= 4 is 6.29 Å². The summed E-state index contributed by atoms with van der Waals surface area (Å²) in [5, 5.41) is 0. The van der Waals surface area contributed by atoms with Gasteiger partial charge in [-0.15, -0.1) is 0 Å². The molecule has 0 aliphatic heterocycles. The number of hydrogen-bond acceptors (Lipinski definition) is 1. The zero-order valence-electron chi connectivity index (χ0n) is 9.99. The van der Waals surface area contributed by atoms with Crippen molar-refractivity contribution in [2.45, 2.75) is 44.9 Å². The van der Waals surface area contributed by atoms with E-state index >= 15 is 0 Å². The highest BCUT2D eigenvalue weighted by molar-refractivity contribution is 5.77. The van der Waals surface area contributed by atoms with Crippen LogP contribution in [0.25, 0.3) is 0 Å². The first-order chi connectivity index (χ1) is 7.86. The third-order valence-electron chi connectivity index (χ3n) is 3.62. The third-order valence-corrected chi connectivity index (χ3v) is 3.62. The molecular formula is C15H20O. The largest absolute Gasteiger partial charge is 0.298 e. The van der Waals surface area contributed by atoms with Gasteiger partial charge in [-0.3, -0.25) is 4.79 Å². The predicted molar refractivity (Wildman–Crippen MR) is 66.8 cm³/mol. The van der Waals surface area contributed by atoms with Gasteiger partial charge >= 0.3 is 0 Å². The summed E-state index contributed by atoms with van der Waals surface area (Å²) in [7, 11) is 0. The quantitative estimate of drug-likeness (QED) is 0.515. The Labute approximate surface area is 97.9 Å². The summed E-state index contributed by atoms with van der Waals surface area (Å²) in [6.07, 6.45) is 7.61. The van der Waals surface area contributed by atoms with E-state index in [0.717, 1.165) is 17.8 Å². The van der Waals surface area contributed by atoms with Gasteiger partial charge in [-0.1, -0.05) is 50.5 Å². The minimum Gasteiger partial charge on any atom is -0.298 e. The number of unbranched alkanes of at least 4 members (excludes halogenated alkanes) is 2. The molecule has 0 amide bonds. The first-order valence-corrected chi connectivity index (χ1v) is 6.41. The topological polar surface area (TPSA) is 17.1 Å². The predicted octanol–water partition coefficient (Wildman–Crippen LogP) is 4.18. The normalized spacial score (nSPS) is 23.1. The van der Waals surface area contributed by atoms with E-state index in [0.29, 0.717) is 5.92 Å². The maximum atomic E-state index is 10.9. The van der Waals surface area contributed by atoms with Crippen LogP contribution in [0.15, 0.2) is 24.3 Å². The van der Waals surface area contributed by atoms with Gasteiger partial charge in [0, 0.05) is 5.56 Å². The first kappa shape index (κ1) is 11.4. The van der Waals surface area contributed by atoms with Crippen LogP contribution in [0.5, 0.6) is 0 Å². The van der Waals surface area contributed by atoms with Crippen LogP contribution in [0, 0.1) is 5.92 Å². The summed E-state index contributed by atoms with van der Waals surface area (Å²) in [5.74, 6) is 1.51. The van der Waals surface area contributed by atoms with Crippen LogP contribution in [-0.2, 0) is 0 Å². The fourth-order valence-corrected chi connectivity index (χ4v) is 2.56. The fraction of sp³-hybridized carbons (Fsp3) is 0.533. The van der Waals surface area contributed by atoms with Crippen molar-refractivity contribution in [3.05, 3.63) is 35.4 Å². The van der Waals surface area contributed by atoms with Gasteiger partial charge < -0.3 is 0 Å². The summed E-state index contributed by atoms with van der Waals surface area (Å²) < 4.78 is 0. The molecule has 0 heterocycles. The van der Waals surface area contributed by atoms with Gasteiger partial charge in [0.1, 0.15) is 6.29 Å². The average molecular weight is 216 g/mol. The Bertz CT molecular complexity index is 356. The van der Waals surface area contributed by atoms with Crippen molar-refractivity contribution < 1.29 is 4.79 Å². The van der Waals surface area contributed by atoms with Crippen LogP contribution in [0.2, 0.25) is 0 Å². The lowest BCUT2D eigenvalue weighted by atomic mass is 10.0. The summed E-state index contributed by atoms with van der Waals surface area (Å²) in [4.78, 5) is 10.9. The monoisotopic (exact) mass is 216 g/mol. The molecule has 1 aliphatic rings. The summed E-state index contributed by atoms with van der Waals surface area (Å²) in [5.41, 5.74) is 2.17. The van der Waals surface area contributed by atoms with Crippen LogP contribution in [-0.4, -0.2) is 6.29 Å². The molecule has 1 saturated carbocycles. The molecule has 0 aromatic heterocycles. The van der Waals surface area contributed by atoms with E-state index in [9.17, 15) is 4.79 Å². The zero-order valence-corrected chi connectivity index (χ0v) is 9.99. The van der Waals surface area contributed by atoms with Gasteiger partial charge in [-0.2, -0.15) is 0 Å². The van der Waals surface area contributed by atoms with Crippen molar-refractivity contribution in [3.8, 4) is 0 Å². The first-order valence-electron chi connectivity index (χ1n) is 6.41. The number of hydrogen-bond donors (Lipinski definition) is 0. The van der Waals surface area contributed by atoms with Gasteiger partial charge in [0.2, 0.25) is 0 Å². The SMILES string of the molecule is CCCCC[C@H]1C[C@@H]1c1ccccc1C=O. The molecule has 0 spiro atoms. The maximum absolute atomic E-state index is 10.9. The van der Waals surface area contributed by atoms with Crippen LogP contribution in [0.1, 0.15) is 60.9 Å². The molecule has 1 aromatic rings. The fourth-order valence-electron chi connectivity index (χ4n) is 2.56. The molecular weight excluding hydrogens is 196 g/mol. The lowest BCUT2D eigenvalue weighted by Gasteiger charge is -2.03. The highest BCUT2D eigenvalue weighted by atomic mass is 16.1. The van der Waals surface area contributed by atoms with Crippen molar-refractivity contribution in [1.82, 2.24) is 0 Å². The van der Waals surface area contributed by atoms with Crippen LogP contribution in [0.3, 0.4) is 0 Å². The highest BCUT2D eigenvalue weighted by Crippen LogP contribution is 2.51. The Hall–Kier alpha value is -1.11.